The molecule has 2 rings (SSSR count). The number of hydrogen-bond donors (Lipinski definition) is 2. The minimum Gasteiger partial charge on any atom is -0.465 e. The molecule has 2 aromatic rings. The van der Waals surface area contributed by atoms with Crippen LogP contribution in [0.15, 0.2) is 23.1 Å². The number of aromatic nitrogens is 2. The van der Waals surface area contributed by atoms with Crippen molar-refractivity contribution in [3.8, 4) is 0 Å². The first-order chi connectivity index (χ1) is 8.61. The lowest BCUT2D eigenvalue weighted by molar-refractivity contribution is 0.203. The molecular formula is C12H15N3O2S. The molecule has 0 saturated carbocycles. The molecule has 0 radical (unpaired) electrons. The molecule has 0 aliphatic heterocycles. The van der Waals surface area contributed by atoms with Crippen molar-refractivity contribution in [1.29, 1.82) is 0 Å². The van der Waals surface area contributed by atoms with Gasteiger partial charge in [-0.2, -0.15) is 0 Å². The highest BCUT2D eigenvalue weighted by molar-refractivity contribution is 7.99. The molecular weight excluding hydrogens is 250 g/mol. The Bertz CT molecular complexity index is 567. The third kappa shape index (κ3) is 2.59. The molecule has 2 N–H and O–H groups in total. The summed E-state index contributed by atoms with van der Waals surface area (Å²) in [4.78, 5) is 20.3. The van der Waals surface area contributed by atoms with Crippen LogP contribution in [-0.2, 0) is 0 Å². The number of thioether (sulfide) groups is 1. The van der Waals surface area contributed by atoms with E-state index in [1.165, 1.54) is 7.05 Å². The normalized spacial score (nSPS) is 10.8. The molecule has 5 nitrogen and oxygen atoms in total. The van der Waals surface area contributed by atoms with Crippen molar-refractivity contribution in [2.45, 2.75) is 18.2 Å². The number of benzene rings is 1. The first kappa shape index (κ1) is 12.8. The molecule has 1 heterocycles. The van der Waals surface area contributed by atoms with Gasteiger partial charge < -0.3 is 10.1 Å². The third-order valence-electron chi connectivity index (χ3n) is 2.52. The number of carbonyl (C=O) groups is 1. The molecule has 1 aromatic heterocycles. The average molecular weight is 265 g/mol. The number of nitrogens with zero attached hydrogens (tertiary/aromatic N) is 2. The smallest absolute Gasteiger partial charge is 0.413 e. The summed E-state index contributed by atoms with van der Waals surface area (Å²) in [6.45, 7) is 2.14. The second kappa shape index (κ2) is 5.30. The molecule has 96 valence electrons. The fraction of sp³-hybridized carbons (Fsp3) is 0.333. The van der Waals surface area contributed by atoms with E-state index in [1.54, 1.807) is 11.8 Å². The van der Waals surface area contributed by atoms with E-state index in [0.29, 0.717) is 5.95 Å². The van der Waals surface area contributed by atoms with E-state index < -0.39 is 6.09 Å². The number of fused-ring (bicyclic) bond motifs is 1. The fourth-order valence-electron chi connectivity index (χ4n) is 1.53. The van der Waals surface area contributed by atoms with E-state index in [9.17, 15) is 4.79 Å². The van der Waals surface area contributed by atoms with Gasteiger partial charge in [-0.15, -0.1) is 11.8 Å². The highest BCUT2D eigenvalue weighted by Crippen LogP contribution is 2.24. The standard InChI is InChI=1S/C12H15N3O2S/c1-3-6-18-8-4-5-9-10(7-8)14-11(13-9)15(2)12(16)17/h4-5,7H,3,6H2,1-2H3,(H,13,14)(H,16,17). The van der Waals surface area contributed by atoms with Crippen LogP contribution in [0, 0.1) is 0 Å². The molecule has 0 fully saturated rings. The number of aromatic amines is 1. The Morgan fingerprint density at radius 3 is 3.00 bits per heavy atom. The van der Waals surface area contributed by atoms with Gasteiger partial charge in [0.15, 0.2) is 0 Å². The van der Waals surface area contributed by atoms with Gasteiger partial charge in [0.1, 0.15) is 0 Å². The minimum atomic E-state index is -1.03. The molecule has 1 amide bonds. The van der Waals surface area contributed by atoms with Crippen LogP contribution in [0.4, 0.5) is 10.7 Å². The van der Waals surface area contributed by atoms with Crippen LogP contribution in [0.2, 0.25) is 0 Å². The number of anilines is 1. The molecule has 0 spiro atoms. The van der Waals surface area contributed by atoms with Crippen molar-refractivity contribution in [1.82, 2.24) is 9.97 Å². The summed E-state index contributed by atoms with van der Waals surface area (Å²) in [6, 6.07) is 5.93. The molecule has 0 aliphatic rings. The van der Waals surface area contributed by atoms with E-state index in [1.807, 2.05) is 18.2 Å². The van der Waals surface area contributed by atoms with Gasteiger partial charge in [0.2, 0.25) is 5.95 Å². The number of imidazole rings is 1. The van der Waals surface area contributed by atoms with Gasteiger partial charge in [0.25, 0.3) is 0 Å². The summed E-state index contributed by atoms with van der Waals surface area (Å²) in [5.41, 5.74) is 1.64. The highest BCUT2D eigenvalue weighted by atomic mass is 32.2. The SMILES string of the molecule is CCCSc1ccc2[nH]c(N(C)C(=O)O)nc2c1. The largest absolute Gasteiger partial charge is 0.465 e. The van der Waals surface area contributed by atoms with E-state index in [4.69, 9.17) is 5.11 Å². The van der Waals surface area contributed by atoms with Gasteiger partial charge in [-0.3, -0.25) is 4.90 Å². The fourth-order valence-corrected chi connectivity index (χ4v) is 2.33. The molecule has 0 saturated heterocycles. The lowest BCUT2D eigenvalue weighted by Crippen LogP contribution is -2.24. The molecule has 0 unspecified atom stereocenters. The summed E-state index contributed by atoms with van der Waals surface area (Å²) in [5.74, 6) is 1.41. The Labute approximate surface area is 109 Å². The zero-order valence-corrected chi connectivity index (χ0v) is 11.1. The lowest BCUT2D eigenvalue weighted by Gasteiger charge is -2.07. The summed E-state index contributed by atoms with van der Waals surface area (Å²) in [5, 5.41) is 8.89. The highest BCUT2D eigenvalue weighted by Gasteiger charge is 2.13. The molecule has 6 heteroatoms. The first-order valence-electron chi connectivity index (χ1n) is 5.71. The molecule has 18 heavy (non-hydrogen) atoms. The van der Waals surface area contributed by atoms with Gasteiger partial charge in [0, 0.05) is 11.9 Å². The summed E-state index contributed by atoms with van der Waals surface area (Å²) in [7, 11) is 1.47. The predicted molar refractivity (Wildman–Crippen MR) is 73.5 cm³/mol. The van der Waals surface area contributed by atoms with Crippen molar-refractivity contribution in [3.05, 3.63) is 18.2 Å². The number of rotatable bonds is 4. The maximum atomic E-state index is 10.8. The van der Waals surface area contributed by atoms with Crippen LogP contribution in [-0.4, -0.2) is 34.0 Å². The Morgan fingerprint density at radius 2 is 2.33 bits per heavy atom. The monoisotopic (exact) mass is 265 g/mol. The number of H-pyrrole nitrogens is 1. The quantitative estimate of drug-likeness (QED) is 0.833. The van der Waals surface area contributed by atoms with Crippen LogP contribution in [0.25, 0.3) is 11.0 Å². The van der Waals surface area contributed by atoms with Gasteiger partial charge in [-0.1, -0.05) is 6.92 Å². The van der Waals surface area contributed by atoms with Crippen molar-refractivity contribution in [3.63, 3.8) is 0 Å². The summed E-state index contributed by atoms with van der Waals surface area (Å²) < 4.78 is 0. The summed E-state index contributed by atoms with van der Waals surface area (Å²) in [6.07, 6.45) is 0.0886. The van der Waals surface area contributed by atoms with Crippen LogP contribution in [0.1, 0.15) is 13.3 Å². The first-order valence-corrected chi connectivity index (χ1v) is 6.69. The van der Waals surface area contributed by atoms with Gasteiger partial charge >= 0.3 is 6.09 Å². The van der Waals surface area contributed by atoms with E-state index in [0.717, 1.165) is 33.0 Å². The Morgan fingerprint density at radius 1 is 1.56 bits per heavy atom. The second-order valence-electron chi connectivity index (χ2n) is 3.93. The molecule has 1 aromatic carbocycles. The number of hydrogen-bond acceptors (Lipinski definition) is 3. The van der Waals surface area contributed by atoms with Crippen LogP contribution >= 0.6 is 11.8 Å². The third-order valence-corrected chi connectivity index (χ3v) is 3.72. The summed E-state index contributed by atoms with van der Waals surface area (Å²) >= 11 is 1.78. The van der Waals surface area contributed by atoms with E-state index in [-0.39, 0.29) is 0 Å². The minimum absolute atomic E-state index is 0.343. The zero-order chi connectivity index (χ0) is 13.1. The van der Waals surface area contributed by atoms with E-state index in [2.05, 4.69) is 16.9 Å². The maximum absolute atomic E-state index is 10.8. The lowest BCUT2D eigenvalue weighted by atomic mass is 10.3. The number of carboxylic acid groups (broad SMARTS) is 1. The molecule has 0 aliphatic carbocycles. The van der Waals surface area contributed by atoms with E-state index >= 15 is 0 Å². The van der Waals surface area contributed by atoms with Crippen LogP contribution in [0.3, 0.4) is 0 Å². The van der Waals surface area contributed by atoms with Crippen molar-refractivity contribution in [2.24, 2.45) is 0 Å². The zero-order valence-electron chi connectivity index (χ0n) is 10.3. The molecule has 0 atom stereocenters. The number of amides is 1. The second-order valence-corrected chi connectivity index (χ2v) is 5.10. The topological polar surface area (TPSA) is 69.2 Å². The van der Waals surface area contributed by atoms with Crippen molar-refractivity contribution < 1.29 is 9.90 Å². The van der Waals surface area contributed by atoms with Crippen molar-refractivity contribution >= 4 is 34.8 Å². The number of nitrogens with one attached hydrogen (secondary N) is 1. The Hall–Kier alpha value is -1.69. The van der Waals surface area contributed by atoms with Gasteiger partial charge in [-0.05, 0) is 30.4 Å². The Balaban J connectivity index is 2.30. The van der Waals surface area contributed by atoms with Crippen LogP contribution < -0.4 is 4.90 Å². The van der Waals surface area contributed by atoms with Gasteiger partial charge in [0.05, 0.1) is 11.0 Å². The average Bonchev–Trinajstić information content (AvgIpc) is 2.77. The maximum Gasteiger partial charge on any atom is 0.413 e. The van der Waals surface area contributed by atoms with Gasteiger partial charge in [-0.25, -0.2) is 9.78 Å². The van der Waals surface area contributed by atoms with Crippen molar-refractivity contribution in [2.75, 3.05) is 17.7 Å². The van der Waals surface area contributed by atoms with Crippen LogP contribution in [0.5, 0.6) is 0 Å². The molecule has 0 bridgehead atoms. The Kier molecular flexibility index (Phi) is 3.76. The predicted octanol–water partition coefficient (Wildman–Crippen LogP) is 3.18.